The van der Waals surface area contributed by atoms with Crippen molar-refractivity contribution in [3.63, 3.8) is 0 Å². The van der Waals surface area contributed by atoms with Crippen molar-refractivity contribution in [2.24, 2.45) is 0 Å². The van der Waals surface area contributed by atoms with Crippen molar-refractivity contribution in [3.8, 4) is 0 Å². The summed E-state index contributed by atoms with van der Waals surface area (Å²) in [5, 5.41) is 0. The first-order valence-corrected chi connectivity index (χ1v) is 9.91. The predicted octanol–water partition coefficient (Wildman–Crippen LogP) is 5.72. The van der Waals surface area contributed by atoms with E-state index in [0.717, 1.165) is 12.8 Å². The molecule has 3 nitrogen and oxygen atoms in total. The predicted molar refractivity (Wildman–Crippen MR) is 103 cm³/mol. The second-order valence-electron chi connectivity index (χ2n) is 8.13. The van der Waals surface area contributed by atoms with E-state index in [2.05, 4.69) is 54.5 Å². The minimum atomic E-state index is -0.283. The van der Waals surface area contributed by atoms with Crippen molar-refractivity contribution < 1.29 is 14.0 Å². The third-order valence-electron chi connectivity index (χ3n) is 5.22. The summed E-state index contributed by atoms with van der Waals surface area (Å²) in [5.41, 5.74) is -0.565. The topological polar surface area (TPSA) is 27.7 Å². The first-order chi connectivity index (χ1) is 11.2. The maximum atomic E-state index is 6.26. The van der Waals surface area contributed by atoms with Gasteiger partial charge in [-0.15, -0.1) is 0 Å². The van der Waals surface area contributed by atoms with Crippen molar-refractivity contribution >= 4 is 7.12 Å². The molecule has 0 aromatic rings. The van der Waals surface area contributed by atoms with Crippen molar-refractivity contribution in [1.29, 1.82) is 0 Å². The number of hydrogen-bond acceptors (Lipinski definition) is 3. The van der Waals surface area contributed by atoms with Crippen LogP contribution in [-0.4, -0.2) is 30.5 Å². The first-order valence-electron chi connectivity index (χ1n) is 9.91. The van der Waals surface area contributed by atoms with Crippen LogP contribution in [0.1, 0.15) is 93.4 Å². The van der Waals surface area contributed by atoms with E-state index in [1.54, 1.807) is 0 Å². The second-order valence-corrected chi connectivity index (χ2v) is 8.13. The molecule has 2 unspecified atom stereocenters. The Balaban J connectivity index is 2.56. The molecule has 1 fully saturated rings. The highest BCUT2D eigenvalue weighted by atomic mass is 16.7. The number of ether oxygens (including phenoxy) is 1. The zero-order chi connectivity index (χ0) is 18.2. The molecule has 0 radical (unpaired) electrons. The zero-order valence-electron chi connectivity index (χ0n) is 17.1. The lowest BCUT2D eigenvalue weighted by molar-refractivity contribution is 0.00578. The standard InChI is InChI=1S/C20H39BO3/c1-8-10-12-13-17(3)22-18(14-11-9-2)15-16-21-23-19(4,5)20(6,7)24-21/h15-18H,8-14H2,1-7H3/b16-15+. The Bertz CT molecular complexity index is 363. The zero-order valence-corrected chi connectivity index (χ0v) is 17.1. The summed E-state index contributed by atoms with van der Waals surface area (Å²) in [7, 11) is -0.280. The van der Waals surface area contributed by atoms with Crippen LogP contribution < -0.4 is 0 Å². The van der Waals surface area contributed by atoms with Gasteiger partial charge in [0.1, 0.15) is 0 Å². The molecular formula is C20H39BO3. The highest BCUT2D eigenvalue weighted by molar-refractivity contribution is 6.51. The SMILES string of the molecule is CCCCCC(C)OC(/C=C/B1OC(C)(C)C(C)(C)O1)CCCC. The van der Waals surface area contributed by atoms with Crippen LogP contribution in [0.2, 0.25) is 0 Å². The quantitative estimate of drug-likeness (QED) is 0.356. The molecule has 0 amide bonds. The molecule has 0 aliphatic carbocycles. The van der Waals surface area contributed by atoms with Gasteiger partial charge in [-0.1, -0.05) is 58.0 Å². The lowest BCUT2D eigenvalue weighted by Gasteiger charge is -2.32. The van der Waals surface area contributed by atoms with Crippen LogP contribution in [0.5, 0.6) is 0 Å². The van der Waals surface area contributed by atoms with E-state index in [0.29, 0.717) is 6.10 Å². The summed E-state index contributed by atoms with van der Waals surface area (Å²) in [6, 6.07) is 0. The lowest BCUT2D eigenvalue weighted by atomic mass is 9.89. The van der Waals surface area contributed by atoms with Gasteiger partial charge in [-0.3, -0.25) is 0 Å². The highest BCUT2D eigenvalue weighted by Crippen LogP contribution is 2.37. The lowest BCUT2D eigenvalue weighted by Crippen LogP contribution is -2.41. The van der Waals surface area contributed by atoms with Gasteiger partial charge in [0.05, 0.1) is 23.4 Å². The normalized spacial score (nSPS) is 22.2. The monoisotopic (exact) mass is 338 g/mol. The maximum Gasteiger partial charge on any atom is 0.486 e. The van der Waals surface area contributed by atoms with E-state index in [1.807, 2.05) is 5.98 Å². The maximum absolute atomic E-state index is 6.26. The van der Waals surface area contributed by atoms with Gasteiger partial charge < -0.3 is 14.0 Å². The fourth-order valence-electron chi connectivity index (χ4n) is 2.85. The van der Waals surface area contributed by atoms with Crippen LogP contribution in [0.3, 0.4) is 0 Å². The van der Waals surface area contributed by atoms with E-state index < -0.39 is 0 Å². The van der Waals surface area contributed by atoms with Gasteiger partial charge >= 0.3 is 7.12 Å². The summed E-state index contributed by atoms with van der Waals surface area (Å²) in [6.45, 7) is 15.0. The minimum Gasteiger partial charge on any atom is -0.400 e. The Labute approximate surface area is 150 Å². The van der Waals surface area contributed by atoms with E-state index in [1.165, 1.54) is 32.1 Å². The van der Waals surface area contributed by atoms with Crippen LogP contribution in [-0.2, 0) is 14.0 Å². The molecule has 0 aromatic carbocycles. The van der Waals surface area contributed by atoms with Gasteiger partial charge in [0.2, 0.25) is 0 Å². The van der Waals surface area contributed by atoms with Crippen LogP contribution in [0.25, 0.3) is 0 Å². The molecule has 1 aliphatic rings. The van der Waals surface area contributed by atoms with Crippen LogP contribution in [0, 0.1) is 0 Å². The molecule has 1 rings (SSSR count). The fourth-order valence-corrected chi connectivity index (χ4v) is 2.85. The van der Waals surface area contributed by atoms with Gasteiger partial charge in [-0.25, -0.2) is 0 Å². The minimum absolute atomic E-state index is 0.153. The Morgan fingerprint density at radius 2 is 1.50 bits per heavy atom. The van der Waals surface area contributed by atoms with E-state index >= 15 is 0 Å². The summed E-state index contributed by atoms with van der Waals surface area (Å²) in [6.07, 6.45) is 11.0. The van der Waals surface area contributed by atoms with E-state index in [-0.39, 0.29) is 24.4 Å². The largest absolute Gasteiger partial charge is 0.486 e. The summed E-state index contributed by atoms with van der Waals surface area (Å²) in [5.74, 6) is 2.04. The molecule has 1 heterocycles. The Hall–Kier alpha value is -0.315. The van der Waals surface area contributed by atoms with Gasteiger partial charge in [-0.05, 0) is 47.5 Å². The Kier molecular flexibility index (Phi) is 9.04. The van der Waals surface area contributed by atoms with Crippen molar-refractivity contribution in [1.82, 2.24) is 0 Å². The smallest absolute Gasteiger partial charge is 0.400 e. The summed E-state index contributed by atoms with van der Waals surface area (Å²) in [4.78, 5) is 0. The molecular weight excluding hydrogens is 299 g/mol. The van der Waals surface area contributed by atoms with Crippen LogP contribution in [0.15, 0.2) is 12.1 Å². The van der Waals surface area contributed by atoms with Gasteiger partial charge in [0, 0.05) is 0 Å². The van der Waals surface area contributed by atoms with Crippen molar-refractivity contribution in [2.45, 2.75) is 117 Å². The molecule has 2 atom stereocenters. The van der Waals surface area contributed by atoms with Gasteiger partial charge in [0.15, 0.2) is 0 Å². The molecule has 1 saturated heterocycles. The third-order valence-corrected chi connectivity index (χ3v) is 5.22. The fraction of sp³-hybridized carbons (Fsp3) is 0.900. The Morgan fingerprint density at radius 3 is 2.04 bits per heavy atom. The molecule has 4 heteroatoms. The van der Waals surface area contributed by atoms with Crippen LogP contribution in [0.4, 0.5) is 0 Å². The van der Waals surface area contributed by atoms with E-state index in [9.17, 15) is 0 Å². The van der Waals surface area contributed by atoms with Gasteiger partial charge in [-0.2, -0.15) is 0 Å². The number of rotatable bonds is 11. The first kappa shape index (κ1) is 21.7. The Morgan fingerprint density at radius 1 is 0.917 bits per heavy atom. The van der Waals surface area contributed by atoms with Gasteiger partial charge in [0.25, 0.3) is 0 Å². The second kappa shape index (κ2) is 9.99. The van der Waals surface area contributed by atoms with Crippen LogP contribution >= 0.6 is 0 Å². The van der Waals surface area contributed by atoms with E-state index in [4.69, 9.17) is 14.0 Å². The molecule has 0 spiro atoms. The molecule has 0 saturated carbocycles. The van der Waals surface area contributed by atoms with Crippen molar-refractivity contribution in [2.75, 3.05) is 0 Å². The third kappa shape index (κ3) is 6.89. The molecule has 0 aromatic heterocycles. The molecule has 140 valence electrons. The molecule has 0 N–H and O–H groups in total. The number of unbranched alkanes of at least 4 members (excludes halogenated alkanes) is 3. The number of hydrogen-bond donors (Lipinski definition) is 0. The van der Waals surface area contributed by atoms with Crippen molar-refractivity contribution in [3.05, 3.63) is 12.1 Å². The average molecular weight is 338 g/mol. The molecule has 24 heavy (non-hydrogen) atoms. The highest BCUT2D eigenvalue weighted by Gasteiger charge is 2.50. The average Bonchev–Trinajstić information content (AvgIpc) is 2.70. The molecule has 0 bridgehead atoms. The molecule has 1 aliphatic heterocycles. The summed E-state index contributed by atoms with van der Waals surface area (Å²) < 4.78 is 18.3. The summed E-state index contributed by atoms with van der Waals surface area (Å²) >= 11 is 0.